The first-order valence-electron chi connectivity index (χ1n) is 5.86. The van der Waals surface area contributed by atoms with Crippen molar-refractivity contribution in [3.8, 4) is 0 Å². The van der Waals surface area contributed by atoms with Crippen LogP contribution in [0.3, 0.4) is 0 Å². The number of carbonyl (C=O) groups excluding carboxylic acids is 1. The Morgan fingerprint density at radius 3 is 2.80 bits per heavy atom. The normalized spacial score (nSPS) is 28.7. The van der Waals surface area contributed by atoms with Gasteiger partial charge in [0.2, 0.25) is 0 Å². The summed E-state index contributed by atoms with van der Waals surface area (Å²) in [5.41, 5.74) is 0. The predicted octanol–water partition coefficient (Wildman–Crippen LogP) is 0.539. The molecule has 4 heteroatoms. The van der Waals surface area contributed by atoms with Crippen LogP contribution < -0.4 is 0 Å². The predicted molar refractivity (Wildman–Crippen MR) is 55.4 cm³/mol. The lowest BCUT2D eigenvalue weighted by Gasteiger charge is -2.36. The summed E-state index contributed by atoms with van der Waals surface area (Å²) >= 11 is 0. The molecule has 86 valence electrons. The van der Waals surface area contributed by atoms with Crippen molar-refractivity contribution in [1.82, 2.24) is 4.90 Å². The number of hydrogen-bond acceptors (Lipinski definition) is 3. The second-order valence-corrected chi connectivity index (χ2v) is 4.34. The van der Waals surface area contributed by atoms with Crippen molar-refractivity contribution in [2.75, 3.05) is 19.8 Å². The second kappa shape index (κ2) is 4.94. The van der Waals surface area contributed by atoms with Gasteiger partial charge in [0.15, 0.2) is 0 Å². The summed E-state index contributed by atoms with van der Waals surface area (Å²) in [4.78, 5) is 14.0. The summed E-state index contributed by atoms with van der Waals surface area (Å²) in [5, 5.41) is 8.84. The molecular weight excluding hydrogens is 194 g/mol. The molecular formula is C11H19NO3. The summed E-state index contributed by atoms with van der Waals surface area (Å²) in [6.07, 6.45) is 4.78. The fourth-order valence-corrected chi connectivity index (χ4v) is 2.56. The molecule has 2 fully saturated rings. The summed E-state index contributed by atoms with van der Waals surface area (Å²) < 4.78 is 5.37. The summed E-state index contributed by atoms with van der Waals surface area (Å²) in [5.74, 6) is 0.0854. The molecule has 1 aliphatic heterocycles. The van der Waals surface area contributed by atoms with Crippen molar-refractivity contribution in [1.29, 1.82) is 0 Å². The molecule has 0 bridgehead atoms. The van der Waals surface area contributed by atoms with Crippen LogP contribution in [0.5, 0.6) is 0 Å². The van der Waals surface area contributed by atoms with E-state index in [-0.39, 0.29) is 12.5 Å². The van der Waals surface area contributed by atoms with Gasteiger partial charge in [-0.1, -0.05) is 12.8 Å². The monoisotopic (exact) mass is 213 g/mol. The first-order chi connectivity index (χ1) is 7.33. The van der Waals surface area contributed by atoms with Crippen molar-refractivity contribution in [2.45, 2.75) is 44.2 Å². The highest BCUT2D eigenvalue weighted by atomic mass is 16.5. The number of hydrogen-bond donors (Lipinski definition) is 1. The number of morpholine rings is 1. The second-order valence-electron chi connectivity index (χ2n) is 4.34. The molecule has 1 amide bonds. The van der Waals surface area contributed by atoms with Gasteiger partial charge in [0.25, 0.3) is 5.91 Å². The van der Waals surface area contributed by atoms with Gasteiger partial charge in [-0.3, -0.25) is 4.79 Å². The molecule has 4 nitrogen and oxygen atoms in total. The van der Waals surface area contributed by atoms with Crippen LogP contribution in [0.15, 0.2) is 0 Å². The van der Waals surface area contributed by atoms with E-state index in [0.717, 1.165) is 19.4 Å². The van der Waals surface area contributed by atoms with Crippen LogP contribution >= 0.6 is 0 Å². The minimum absolute atomic E-state index is 0.0227. The van der Waals surface area contributed by atoms with Crippen molar-refractivity contribution in [3.63, 3.8) is 0 Å². The molecule has 1 N–H and O–H groups in total. The molecule has 2 rings (SSSR count). The van der Waals surface area contributed by atoms with E-state index in [0.29, 0.717) is 19.1 Å². The maximum absolute atomic E-state index is 12.0. The zero-order valence-corrected chi connectivity index (χ0v) is 9.02. The van der Waals surface area contributed by atoms with Crippen LogP contribution in [0.4, 0.5) is 0 Å². The van der Waals surface area contributed by atoms with Gasteiger partial charge in [-0.2, -0.15) is 0 Å². The number of rotatable bonds is 3. The van der Waals surface area contributed by atoms with E-state index in [1.807, 2.05) is 4.90 Å². The highest BCUT2D eigenvalue weighted by molar-refractivity contribution is 5.81. The standard InChI is InChI=1S/C11H19NO3/c13-7-5-10-11(14)12(6-8-15-10)9-3-1-2-4-9/h9-10,13H,1-8H2. The van der Waals surface area contributed by atoms with Crippen molar-refractivity contribution in [2.24, 2.45) is 0 Å². The van der Waals surface area contributed by atoms with Gasteiger partial charge in [0, 0.05) is 25.6 Å². The highest BCUT2D eigenvalue weighted by Gasteiger charge is 2.34. The van der Waals surface area contributed by atoms with Crippen LogP contribution in [0.2, 0.25) is 0 Å². The molecule has 0 radical (unpaired) electrons. The quantitative estimate of drug-likeness (QED) is 0.744. The fraction of sp³-hybridized carbons (Fsp3) is 0.909. The molecule has 1 unspecified atom stereocenters. The van der Waals surface area contributed by atoms with E-state index in [4.69, 9.17) is 9.84 Å². The molecule has 0 aromatic rings. The van der Waals surface area contributed by atoms with Gasteiger partial charge in [0.1, 0.15) is 6.10 Å². The largest absolute Gasteiger partial charge is 0.396 e. The first-order valence-corrected chi connectivity index (χ1v) is 5.86. The lowest BCUT2D eigenvalue weighted by Crippen LogP contribution is -2.51. The zero-order valence-electron chi connectivity index (χ0n) is 9.02. The van der Waals surface area contributed by atoms with Crippen molar-refractivity contribution >= 4 is 5.91 Å². The Morgan fingerprint density at radius 2 is 2.13 bits per heavy atom. The number of carbonyl (C=O) groups is 1. The minimum Gasteiger partial charge on any atom is -0.396 e. The zero-order chi connectivity index (χ0) is 10.7. The average Bonchev–Trinajstić information content (AvgIpc) is 2.74. The number of ether oxygens (including phenoxy) is 1. The van der Waals surface area contributed by atoms with Gasteiger partial charge < -0.3 is 14.7 Å². The lowest BCUT2D eigenvalue weighted by molar-refractivity contribution is -0.157. The Morgan fingerprint density at radius 1 is 1.40 bits per heavy atom. The molecule has 1 saturated carbocycles. The van der Waals surface area contributed by atoms with E-state index in [1.54, 1.807) is 0 Å². The summed E-state index contributed by atoms with van der Waals surface area (Å²) in [6, 6.07) is 0.433. The third-order valence-electron chi connectivity index (χ3n) is 3.37. The Labute approximate surface area is 90.2 Å². The minimum atomic E-state index is -0.399. The van der Waals surface area contributed by atoms with Crippen molar-refractivity contribution < 1.29 is 14.6 Å². The van der Waals surface area contributed by atoms with Crippen LogP contribution in [-0.2, 0) is 9.53 Å². The van der Waals surface area contributed by atoms with Gasteiger partial charge >= 0.3 is 0 Å². The lowest BCUT2D eigenvalue weighted by atomic mass is 10.1. The van der Waals surface area contributed by atoms with E-state index in [2.05, 4.69) is 0 Å². The number of nitrogens with zero attached hydrogens (tertiary/aromatic N) is 1. The Hall–Kier alpha value is -0.610. The van der Waals surface area contributed by atoms with Gasteiger partial charge in [0.05, 0.1) is 6.61 Å². The summed E-state index contributed by atoms with van der Waals surface area (Å²) in [7, 11) is 0. The molecule has 0 aromatic carbocycles. The SMILES string of the molecule is O=C1C(CCO)OCCN1C1CCCC1. The summed E-state index contributed by atoms with van der Waals surface area (Å²) in [6.45, 7) is 1.37. The van der Waals surface area contributed by atoms with Gasteiger partial charge in [-0.15, -0.1) is 0 Å². The molecule has 2 aliphatic rings. The van der Waals surface area contributed by atoms with Crippen LogP contribution in [-0.4, -0.2) is 47.8 Å². The van der Waals surface area contributed by atoms with E-state index < -0.39 is 6.10 Å². The Kier molecular flexibility index (Phi) is 3.59. The van der Waals surface area contributed by atoms with Crippen LogP contribution in [0, 0.1) is 0 Å². The van der Waals surface area contributed by atoms with Crippen LogP contribution in [0.25, 0.3) is 0 Å². The van der Waals surface area contributed by atoms with E-state index in [9.17, 15) is 4.79 Å². The highest BCUT2D eigenvalue weighted by Crippen LogP contribution is 2.26. The smallest absolute Gasteiger partial charge is 0.252 e. The topological polar surface area (TPSA) is 49.8 Å². The van der Waals surface area contributed by atoms with E-state index >= 15 is 0 Å². The average molecular weight is 213 g/mol. The number of amides is 1. The number of aliphatic hydroxyl groups is 1. The maximum Gasteiger partial charge on any atom is 0.252 e. The molecule has 1 atom stereocenters. The maximum atomic E-state index is 12.0. The fourth-order valence-electron chi connectivity index (χ4n) is 2.56. The Bertz CT molecular complexity index is 224. The number of aliphatic hydroxyl groups excluding tert-OH is 1. The Balaban J connectivity index is 1.95. The third-order valence-corrected chi connectivity index (χ3v) is 3.37. The molecule has 15 heavy (non-hydrogen) atoms. The first kappa shape index (κ1) is 10.9. The van der Waals surface area contributed by atoms with E-state index in [1.165, 1.54) is 12.8 Å². The molecule has 1 aliphatic carbocycles. The molecule has 0 aromatic heterocycles. The van der Waals surface area contributed by atoms with Gasteiger partial charge in [-0.25, -0.2) is 0 Å². The van der Waals surface area contributed by atoms with Crippen molar-refractivity contribution in [3.05, 3.63) is 0 Å². The molecule has 0 spiro atoms. The third kappa shape index (κ3) is 2.32. The van der Waals surface area contributed by atoms with Crippen LogP contribution in [0.1, 0.15) is 32.1 Å². The molecule has 1 saturated heterocycles. The molecule has 1 heterocycles. The van der Waals surface area contributed by atoms with Gasteiger partial charge in [-0.05, 0) is 12.8 Å².